The van der Waals surface area contributed by atoms with E-state index in [2.05, 4.69) is 6.58 Å². The maximum absolute atomic E-state index is 12.5. The standard InChI is InChI=1S/C18H14N2O3/c1-11(17(19)22)20-9-16-14(6-3-7-15(16)18(20)23)13-5-2-4-12(8-13)10-21/h2-8,10H,1,9H2,(H2,19,22). The zero-order valence-corrected chi connectivity index (χ0v) is 12.3. The molecular weight excluding hydrogens is 292 g/mol. The molecule has 3 rings (SSSR count). The summed E-state index contributed by atoms with van der Waals surface area (Å²) in [7, 11) is 0. The normalized spacial score (nSPS) is 12.9. The van der Waals surface area contributed by atoms with Crippen LogP contribution in [0.4, 0.5) is 0 Å². The van der Waals surface area contributed by atoms with Crippen LogP contribution in [0.15, 0.2) is 54.7 Å². The van der Waals surface area contributed by atoms with Crippen molar-refractivity contribution in [2.75, 3.05) is 0 Å². The molecule has 2 aromatic carbocycles. The molecule has 0 aromatic heterocycles. The number of carbonyl (C=O) groups excluding carboxylic acids is 3. The molecule has 1 heterocycles. The van der Waals surface area contributed by atoms with Gasteiger partial charge >= 0.3 is 0 Å². The maximum atomic E-state index is 12.5. The molecule has 5 heteroatoms. The molecule has 0 aliphatic carbocycles. The molecule has 0 fully saturated rings. The summed E-state index contributed by atoms with van der Waals surface area (Å²) in [5.74, 6) is -1.02. The molecule has 0 atom stereocenters. The number of rotatable bonds is 4. The number of nitrogens with two attached hydrogens (primary N) is 1. The third-order valence-electron chi connectivity index (χ3n) is 3.91. The Hall–Kier alpha value is -3.21. The van der Waals surface area contributed by atoms with Gasteiger partial charge in [0, 0.05) is 11.1 Å². The van der Waals surface area contributed by atoms with Crippen LogP contribution in [0.3, 0.4) is 0 Å². The Labute approximate surface area is 133 Å². The molecule has 1 aliphatic rings. The Kier molecular flexibility index (Phi) is 3.54. The van der Waals surface area contributed by atoms with Crippen molar-refractivity contribution in [3.05, 3.63) is 71.4 Å². The minimum atomic E-state index is -0.726. The van der Waals surface area contributed by atoms with Crippen molar-refractivity contribution in [1.29, 1.82) is 0 Å². The predicted molar refractivity (Wildman–Crippen MR) is 85.5 cm³/mol. The van der Waals surface area contributed by atoms with E-state index in [0.29, 0.717) is 11.1 Å². The molecule has 0 bridgehead atoms. The minimum absolute atomic E-state index is 0.0289. The van der Waals surface area contributed by atoms with E-state index < -0.39 is 5.91 Å². The van der Waals surface area contributed by atoms with E-state index in [-0.39, 0.29) is 18.1 Å². The van der Waals surface area contributed by atoms with Crippen LogP contribution < -0.4 is 5.73 Å². The molecule has 0 spiro atoms. The second-order valence-electron chi connectivity index (χ2n) is 5.28. The van der Waals surface area contributed by atoms with E-state index in [1.807, 2.05) is 12.1 Å². The highest BCUT2D eigenvalue weighted by molar-refractivity contribution is 6.06. The number of benzene rings is 2. The Morgan fingerprint density at radius 2 is 1.87 bits per heavy atom. The first-order valence-corrected chi connectivity index (χ1v) is 7.01. The Morgan fingerprint density at radius 1 is 1.17 bits per heavy atom. The molecular formula is C18H14N2O3. The van der Waals surface area contributed by atoms with E-state index in [0.717, 1.165) is 23.0 Å². The first kappa shape index (κ1) is 14.7. The third-order valence-corrected chi connectivity index (χ3v) is 3.91. The Balaban J connectivity index is 2.09. The highest BCUT2D eigenvalue weighted by Crippen LogP contribution is 2.34. The van der Waals surface area contributed by atoms with Crippen LogP contribution in [-0.4, -0.2) is 23.0 Å². The van der Waals surface area contributed by atoms with Crippen molar-refractivity contribution in [3.8, 4) is 11.1 Å². The second kappa shape index (κ2) is 5.53. The predicted octanol–water partition coefficient (Wildman–Crippen LogP) is 2.12. The van der Waals surface area contributed by atoms with Gasteiger partial charge in [-0.15, -0.1) is 0 Å². The molecule has 0 unspecified atom stereocenters. The highest BCUT2D eigenvalue weighted by atomic mass is 16.2. The van der Waals surface area contributed by atoms with Crippen molar-refractivity contribution in [3.63, 3.8) is 0 Å². The fraction of sp³-hybridized carbons (Fsp3) is 0.0556. The number of hydrogen-bond donors (Lipinski definition) is 1. The Morgan fingerprint density at radius 3 is 2.57 bits per heavy atom. The van der Waals surface area contributed by atoms with Gasteiger partial charge in [0.05, 0.1) is 6.54 Å². The highest BCUT2D eigenvalue weighted by Gasteiger charge is 2.32. The van der Waals surface area contributed by atoms with Crippen LogP contribution in [0.2, 0.25) is 0 Å². The minimum Gasteiger partial charge on any atom is -0.364 e. The molecule has 0 saturated heterocycles. The van der Waals surface area contributed by atoms with Gasteiger partial charge in [-0.1, -0.05) is 36.9 Å². The van der Waals surface area contributed by atoms with Crippen molar-refractivity contribution in [1.82, 2.24) is 4.90 Å². The van der Waals surface area contributed by atoms with Crippen molar-refractivity contribution >= 4 is 18.1 Å². The molecule has 114 valence electrons. The van der Waals surface area contributed by atoms with E-state index in [9.17, 15) is 14.4 Å². The summed E-state index contributed by atoms with van der Waals surface area (Å²) in [6.07, 6.45) is 0.777. The van der Waals surface area contributed by atoms with Gasteiger partial charge in [-0.2, -0.15) is 0 Å². The maximum Gasteiger partial charge on any atom is 0.264 e. The Bertz CT molecular complexity index is 855. The first-order chi connectivity index (χ1) is 11.0. The molecule has 5 nitrogen and oxygen atoms in total. The molecule has 2 amide bonds. The zero-order chi connectivity index (χ0) is 16.6. The molecule has 1 aliphatic heterocycles. The van der Waals surface area contributed by atoms with E-state index in [1.165, 1.54) is 4.90 Å². The average Bonchev–Trinajstić information content (AvgIpc) is 2.91. The van der Waals surface area contributed by atoms with Crippen LogP contribution in [0, 0.1) is 0 Å². The van der Waals surface area contributed by atoms with Gasteiger partial charge in [-0.25, -0.2) is 0 Å². The monoisotopic (exact) mass is 306 g/mol. The topological polar surface area (TPSA) is 80.5 Å². The van der Waals surface area contributed by atoms with Crippen LogP contribution in [0.25, 0.3) is 11.1 Å². The number of nitrogens with zero attached hydrogens (tertiary/aromatic N) is 1. The summed E-state index contributed by atoms with van der Waals surface area (Å²) in [4.78, 5) is 36.0. The largest absolute Gasteiger partial charge is 0.364 e. The van der Waals surface area contributed by atoms with Gasteiger partial charge in [-0.3, -0.25) is 19.3 Å². The molecule has 0 saturated carbocycles. The average molecular weight is 306 g/mol. The van der Waals surface area contributed by atoms with Crippen molar-refractivity contribution in [2.24, 2.45) is 5.73 Å². The number of hydrogen-bond acceptors (Lipinski definition) is 3. The number of fused-ring (bicyclic) bond motifs is 1. The van der Waals surface area contributed by atoms with Gasteiger partial charge in [-0.05, 0) is 28.8 Å². The summed E-state index contributed by atoms with van der Waals surface area (Å²) < 4.78 is 0. The smallest absolute Gasteiger partial charge is 0.264 e. The van der Waals surface area contributed by atoms with Gasteiger partial charge in [0.2, 0.25) is 0 Å². The number of primary amides is 1. The second-order valence-corrected chi connectivity index (χ2v) is 5.28. The summed E-state index contributed by atoms with van der Waals surface area (Å²) in [6, 6.07) is 12.5. The summed E-state index contributed by atoms with van der Waals surface area (Å²) in [5, 5.41) is 0. The van der Waals surface area contributed by atoms with E-state index >= 15 is 0 Å². The lowest BCUT2D eigenvalue weighted by Crippen LogP contribution is -2.30. The van der Waals surface area contributed by atoms with Crippen molar-refractivity contribution in [2.45, 2.75) is 6.54 Å². The fourth-order valence-electron chi connectivity index (χ4n) is 2.73. The van der Waals surface area contributed by atoms with Gasteiger partial charge < -0.3 is 5.73 Å². The lowest BCUT2D eigenvalue weighted by Gasteiger charge is -2.15. The fourth-order valence-corrected chi connectivity index (χ4v) is 2.73. The molecule has 0 radical (unpaired) electrons. The summed E-state index contributed by atoms with van der Waals surface area (Å²) in [5.41, 5.74) is 8.75. The summed E-state index contributed by atoms with van der Waals surface area (Å²) >= 11 is 0. The summed E-state index contributed by atoms with van der Waals surface area (Å²) in [6.45, 7) is 3.82. The number of aldehydes is 1. The third kappa shape index (κ3) is 2.42. The molecule has 2 N–H and O–H groups in total. The van der Waals surface area contributed by atoms with Gasteiger partial charge in [0.25, 0.3) is 11.8 Å². The molecule has 2 aromatic rings. The van der Waals surface area contributed by atoms with Crippen molar-refractivity contribution < 1.29 is 14.4 Å². The quantitative estimate of drug-likeness (QED) is 0.694. The van der Waals surface area contributed by atoms with E-state index in [4.69, 9.17) is 5.73 Å². The molecule has 23 heavy (non-hydrogen) atoms. The number of amides is 2. The zero-order valence-electron chi connectivity index (χ0n) is 12.3. The number of carbonyl (C=O) groups is 3. The first-order valence-electron chi connectivity index (χ1n) is 7.01. The van der Waals surface area contributed by atoms with Gasteiger partial charge in [0.1, 0.15) is 12.0 Å². The van der Waals surface area contributed by atoms with Gasteiger partial charge in [0.15, 0.2) is 0 Å². The van der Waals surface area contributed by atoms with Crippen LogP contribution in [-0.2, 0) is 11.3 Å². The van der Waals surface area contributed by atoms with Crippen LogP contribution in [0.5, 0.6) is 0 Å². The lowest BCUT2D eigenvalue weighted by atomic mass is 9.96. The van der Waals surface area contributed by atoms with Crippen LogP contribution >= 0.6 is 0 Å². The SMILES string of the molecule is C=C(C(N)=O)N1Cc2c(cccc2-c2cccc(C=O)c2)C1=O. The van der Waals surface area contributed by atoms with Crippen LogP contribution in [0.1, 0.15) is 26.3 Å². The lowest BCUT2D eigenvalue weighted by molar-refractivity contribution is -0.115. The van der Waals surface area contributed by atoms with E-state index in [1.54, 1.807) is 30.3 Å².